The van der Waals surface area contributed by atoms with Crippen molar-refractivity contribution in [2.75, 3.05) is 18.0 Å². The number of aryl methyl sites for hydroxylation is 3. The van der Waals surface area contributed by atoms with E-state index >= 15 is 0 Å². The molecule has 188 valence electrons. The van der Waals surface area contributed by atoms with Gasteiger partial charge in [-0.25, -0.2) is 4.98 Å². The van der Waals surface area contributed by atoms with E-state index in [2.05, 4.69) is 66.6 Å². The Bertz CT molecular complexity index is 1540. The average molecular weight is 545 g/mol. The zero-order chi connectivity index (χ0) is 25.4. The van der Waals surface area contributed by atoms with Crippen molar-refractivity contribution in [1.82, 2.24) is 19.7 Å². The fourth-order valence-electron chi connectivity index (χ4n) is 5.22. The van der Waals surface area contributed by atoms with Gasteiger partial charge in [0.2, 0.25) is 0 Å². The highest BCUT2D eigenvalue weighted by Gasteiger charge is 2.24. The Morgan fingerprint density at radius 2 is 1.97 bits per heavy atom. The number of thiocarbonyl (C=S) groups is 1. The molecule has 1 fully saturated rings. The highest BCUT2D eigenvalue weighted by molar-refractivity contribution is 7.80. The van der Waals surface area contributed by atoms with E-state index in [4.69, 9.17) is 18.0 Å². The molecule has 0 unspecified atom stereocenters. The molecule has 5 aromatic rings. The molecule has 2 N–H and O–H groups in total. The van der Waals surface area contributed by atoms with Gasteiger partial charge < -0.3 is 15.2 Å². The number of hydrogen-bond acceptors (Lipinski definition) is 7. The maximum Gasteiger partial charge on any atom is 0.185 e. The number of thiazole rings is 1. The van der Waals surface area contributed by atoms with Gasteiger partial charge in [0.25, 0.3) is 0 Å². The van der Waals surface area contributed by atoms with Crippen LogP contribution in [0.1, 0.15) is 40.0 Å². The van der Waals surface area contributed by atoms with Crippen molar-refractivity contribution < 1.29 is 0 Å². The molecule has 1 aliphatic rings. The summed E-state index contributed by atoms with van der Waals surface area (Å²) < 4.78 is 2.51. The van der Waals surface area contributed by atoms with Crippen molar-refractivity contribution in [3.05, 3.63) is 81.4 Å². The molecular weight excluding hydrogens is 517 g/mol. The van der Waals surface area contributed by atoms with E-state index in [-0.39, 0.29) is 0 Å². The Hall–Kier alpha value is -3.14. The fraction of sp³-hybridized carbons (Fsp3) is 0.286. The number of anilines is 1. The number of benzene rings is 2. The summed E-state index contributed by atoms with van der Waals surface area (Å²) in [7, 11) is 0. The van der Waals surface area contributed by atoms with Gasteiger partial charge in [-0.2, -0.15) is 0 Å². The van der Waals surface area contributed by atoms with E-state index in [0.29, 0.717) is 11.0 Å². The molecule has 1 aliphatic heterocycles. The Morgan fingerprint density at radius 1 is 1.11 bits per heavy atom. The average Bonchev–Trinajstić information content (AvgIpc) is 3.68. The molecule has 0 spiro atoms. The summed E-state index contributed by atoms with van der Waals surface area (Å²) in [5.74, 6) is 0. The molecule has 0 radical (unpaired) electrons. The quantitative estimate of drug-likeness (QED) is 0.247. The molecule has 0 bridgehead atoms. The molecule has 6 rings (SSSR count). The van der Waals surface area contributed by atoms with Crippen LogP contribution in [0.15, 0.2) is 60.2 Å². The lowest BCUT2D eigenvalue weighted by atomic mass is 10.0. The van der Waals surface area contributed by atoms with E-state index in [0.717, 1.165) is 65.0 Å². The van der Waals surface area contributed by atoms with Crippen LogP contribution >= 0.6 is 34.9 Å². The number of hydrogen-bond donors (Lipinski definition) is 1. The Balaban J connectivity index is 1.35. The minimum atomic E-state index is 0.425. The van der Waals surface area contributed by atoms with Crippen LogP contribution in [0, 0.1) is 6.92 Å². The van der Waals surface area contributed by atoms with Gasteiger partial charge >= 0.3 is 0 Å². The number of fused-ring (bicyclic) bond motifs is 1. The minimum Gasteiger partial charge on any atom is -0.389 e. The van der Waals surface area contributed by atoms with E-state index in [9.17, 15) is 0 Å². The molecule has 4 heterocycles. The highest BCUT2D eigenvalue weighted by atomic mass is 32.1. The SMILES string of the molecule is Cc1nnc(CCc2ccc3c(-c4cccc(C(N)=S)c4)cn(C4CCN(c5nccs5)CC4)c3c2)s1. The molecular formula is C28H28N6S3. The van der Waals surface area contributed by atoms with Gasteiger partial charge in [-0.15, -0.1) is 32.9 Å². The normalized spacial score (nSPS) is 14.5. The summed E-state index contributed by atoms with van der Waals surface area (Å²) in [6.07, 6.45) is 8.26. The lowest BCUT2D eigenvalue weighted by Gasteiger charge is -2.33. The van der Waals surface area contributed by atoms with Crippen molar-refractivity contribution in [3.8, 4) is 11.1 Å². The number of rotatable bonds is 7. The number of aromatic nitrogens is 4. The maximum atomic E-state index is 5.96. The minimum absolute atomic E-state index is 0.425. The third-order valence-electron chi connectivity index (χ3n) is 7.10. The first-order valence-electron chi connectivity index (χ1n) is 12.5. The van der Waals surface area contributed by atoms with E-state index in [1.54, 1.807) is 22.7 Å². The zero-order valence-electron chi connectivity index (χ0n) is 20.6. The monoisotopic (exact) mass is 544 g/mol. The van der Waals surface area contributed by atoms with Gasteiger partial charge in [0.15, 0.2) is 5.13 Å². The molecule has 0 amide bonds. The molecule has 0 aliphatic carbocycles. The number of nitrogens with zero attached hydrogens (tertiary/aromatic N) is 5. The summed E-state index contributed by atoms with van der Waals surface area (Å²) in [6.45, 7) is 4.04. The van der Waals surface area contributed by atoms with Crippen molar-refractivity contribution in [3.63, 3.8) is 0 Å². The molecule has 9 heteroatoms. The molecule has 37 heavy (non-hydrogen) atoms. The second-order valence-corrected chi connectivity index (χ2v) is 12.1. The zero-order valence-corrected chi connectivity index (χ0v) is 23.1. The van der Waals surface area contributed by atoms with Crippen LogP contribution in [0.4, 0.5) is 5.13 Å². The van der Waals surface area contributed by atoms with Crippen LogP contribution in [0.5, 0.6) is 0 Å². The van der Waals surface area contributed by atoms with Gasteiger partial charge in [0.05, 0.1) is 0 Å². The lowest BCUT2D eigenvalue weighted by molar-refractivity contribution is 0.405. The summed E-state index contributed by atoms with van der Waals surface area (Å²) in [5, 5.41) is 15.0. The van der Waals surface area contributed by atoms with Crippen LogP contribution in [0.2, 0.25) is 0 Å². The lowest BCUT2D eigenvalue weighted by Crippen LogP contribution is -2.34. The van der Waals surface area contributed by atoms with Crippen LogP contribution in [-0.4, -0.2) is 37.8 Å². The van der Waals surface area contributed by atoms with Crippen LogP contribution < -0.4 is 10.6 Å². The first-order valence-corrected chi connectivity index (χ1v) is 14.6. The maximum absolute atomic E-state index is 5.96. The van der Waals surface area contributed by atoms with Gasteiger partial charge in [0, 0.05) is 65.4 Å². The van der Waals surface area contributed by atoms with Crippen molar-refractivity contribution in [2.45, 2.75) is 38.6 Å². The summed E-state index contributed by atoms with van der Waals surface area (Å²) >= 11 is 8.67. The first kappa shape index (κ1) is 24.2. The van der Waals surface area contributed by atoms with E-state index in [1.165, 1.54) is 22.0 Å². The van der Waals surface area contributed by atoms with Crippen molar-refractivity contribution in [1.29, 1.82) is 0 Å². The first-order chi connectivity index (χ1) is 18.0. The standard InChI is InChI=1S/C28H28N6S3/c1-18-31-32-26(37-18)8-6-19-5-7-23-24(20-3-2-4-21(16-20)27(29)35)17-34(25(23)15-19)22-9-12-33(13-10-22)28-30-11-14-36-28/h2-5,7,11,14-17,22H,6,8-10,12-13H2,1H3,(H2,29,35). The Kier molecular flexibility index (Phi) is 6.75. The molecule has 6 nitrogen and oxygen atoms in total. The predicted octanol–water partition coefficient (Wildman–Crippen LogP) is 6.19. The van der Waals surface area contributed by atoms with Gasteiger partial charge in [-0.05, 0) is 49.4 Å². The second-order valence-electron chi connectivity index (χ2n) is 9.49. The summed E-state index contributed by atoms with van der Waals surface area (Å²) in [4.78, 5) is 7.36. The second kappa shape index (κ2) is 10.3. The molecule has 0 saturated carbocycles. The number of nitrogens with two attached hydrogens (primary N) is 1. The molecule has 2 aromatic carbocycles. The Labute approximate surface area is 229 Å². The topological polar surface area (TPSA) is 72.9 Å². The third-order valence-corrected chi connectivity index (χ3v) is 9.07. The summed E-state index contributed by atoms with van der Waals surface area (Å²) in [6, 6.07) is 15.6. The largest absolute Gasteiger partial charge is 0.389 e. The fourth-order valence-corrected chi connectivity index (χ4v) is 6.75. The van der Waals surface area contributed by atoms with Crippen LogP contribution in [-0.2, 0) is 12.8 Å². The molecule has 1 saturated heterocycles. The Morgan fingerprint density at radius 3 is 2.70 bits per heavy atom. The molecule has 0 atom stereocenters. The third kappa shape index (κ3) is 5.03. The smallest absolute Gasteiger partial charge is 0.185 e. The number of piperidine rings is 1. The highest BCUT2D eigenvalue weighted by Crippen LogP contribution is 2.37. The van der Waals surface area contributed by atoms with Gasteiger partial charge in [-0.3, -0.25) is 0 Å². The van der Waals surface area contributed by atoms with Crippen LogP contribution in [0.3, 0.4) is 0 Å². The van der Waals surface area contributed by atoms with Gasteiger partial charge in [0.1, 0.15) is 15.0 Å². The van der Waals surface area contributed by atoms with Crippen molar-refractivity contribution in [2.24, 2.45) is 5.73 Å². The molecule has 3 aromatic heterocycles. The van der Waals surface area contributed by atoms with E-state index in [1.807, 2.05) is 25.3 Å². The predicted molar refractivity (Wildman–Crippen MR) is 158 cm³/mol. The van der Waals surface area contributed by atoms with Crippen LogP contribution in [0.25, 0.3) is 22.0 Å². The summed E-state index contributed by atoms with van der Waals surface area (Å²) in [5.41, 5.74) is 11.8. The van der Waals surface area contributed by atoms with E-state index < -0.39 is 0 Å². The van der Waals surface area contributed by atoms with Crippen molar-refractivity contribution >= 4 is 55.9 Å². The van der Waals surface area contributed by atoms with Gasteiger partial charge in [-0.1, -0.05) is 42.5 Å².